The summed E-state index contributed by atoms with van der Waals surface area (Å²) in [7, 11) is -2.04. The van der Waals surface area contributed by atoms with E-state index in [-0.39, 0.29) is 18.5 Å². The molecule has 1 saturated heterocycles. The first-order valence-corrected chi connectivity index (χ1v) is 10.8. The van der Waals surface area contributed by atoms with E-state index in [0.717, 1.165) is 14.2 Å². The molecule has 0 bridgehead atoms. The number of amides is 3. The molecule has 2 unspecified atom stereocenters. The normalized spacial score (nSPS) is 18.6. The molecule has 0 aromatic carbocycles. The summed E-state index contributed by atoms with van der Waals surface area (Å²) in [5.74, 6) is -2.21. The predicted octanol–water partition coefficient (Wildman–Crippen LogP) is -0.780. The first kappa shape index (κ1) is 25.8. The van der Waals surface area contributed by atoms with Gasteiger partial charge in [0.25, 0.3) is 11.8 Å². The highest BCUT2D eigenvalue weighted by atomic mass is 32.2. The lowest BCUT2D eigenvalue weighted by Crippen LogP contribution is -2.55. The molecule has 3 N–H and O–H groups in total. The van der Waals surface area contributed by atoms with Gasteiger partial charge in [-0.25, -0.2) is 4.72 Å². The molecule has 0 radical (unpaired) electrons. The van der Waals surface area contributed by atoms with Crippen molar-refractivity contribution in [2.75, 3.05) is 20.7 Å². The lowest BCUT2D eigenvalue weighted by Gasteiger charge is -2.28. The summed E-state index contributed by atoms with van der Waals surface area (Å²) < 4.78 is 26.3. The minimum absolute atomic E-state index is 0.0996. The van der Waals surface area contributed by atoms with Crippen molar-refractivity contribution in [1.29, 1.82) is 0 Å². The van der Waals surface area contributed by atoms with Crippen LogP contribution in [0, 0.1) is 0 Å². The van der Waals surface area contributed by atoms with Crippen molar-refractivity contribution in [2.45, 2.75) is 50.8 Å². The van der Waals surface area contributed by atoms with Gasteiger partial charge in [0.1, 0.15) is 12.1 Å². The zero-order valence-corrected chi connectivity index (χ0v) is 18.3. The number of hydrogen-bond acceptors (Lipinski definition) is 7. The van der Waals surface area contributed by atoms with Gasteiger partial charge in [-0.1, -0.05) is 17.1 Å². The Morgan fingerprint density at radius 3 is 2.57 bits per heavy atom. The van der Waals surface area contributed by atoms with Gasteiger partial charge < -0.3 is 15.3 Å². The molecular formula is C18H30N4O7S. The third-order valence-corrected chi connectivity index (χ3v) is 5.94. The van der Waals surface area contributed by atoms with Crippen LogP contribution >= 0.6 is 0 Å². The maximum absolute atomic E-state index is 12.8. The van der Waals surface area contributed by atoms with Crippen LogP contribution in [0.15, 0.2) is 24.8 Å². The van der Waals surface area contributed by atoms with Gasteiger partial charge in [0.2, 0.25) is 5.91 Å². The lowest BCUT2D eigenvalue weighted by atomic mass is 10.1. The molecule has 3 atom stereocenters. The van der Waals surface area contributed by atoms with Crippen molar-refractivity contribution in [2.24, 2.45) is 0 Å². The fourth-order valence-corrected chi connectivity index (χ4v) is 3.57. The van der Waals surface area contributed by atoms with E-state index in [9.17, 15) is 27.9 Å². The zero-order chi connectivity index (χ0) is 23.1. The van der Waals surface area contributed by atoms with Gasteiger partial charge in [0.15, 0.2) is 6.10 Å². The van der Waals surface area contributed by atoms with Crippen molar-refractivity contribution in [3.05, 3.63) is 24.8 Å². The molecule has 0 aromatic heterocycles. The third kappa shape index (κ3) is 6.62. The van der Waals surface area contributed by atoms with Crippen molar-refractivity contribution in [1.82, 2.24) is 19.4 Å². The van der Waals surface area contributed by atoms with Gasteiger partial charge in [-0.15, -0.1) is 6.58 Å². The van der Waals surface area contributed by atoms with E-state index in [1.165, 1.54) is 17.9 Å². The number of carbonyl (C=O) groups is 3. The SMILES string of the molecule is C=CCCC(NC(=O)[C@@H]1CCCN1C(=O)C(O)C(=C)C)C(=O)NS(=O)(=O)N(C)OC. The molecule has 1 fully saturated rings. The smallest absolute Gasteiger partial charge is 0.325 e. The number of hydrogen-bond donors (Lipinski definition) is 3. The molecule has 1 aliphatic rings. The highest BCUT2D eigenvalue weighted by Crippen LogP contribution is 2.20. The fraction of sp³-hybridized carbons (Fsp3) is 0.611. The molecule has 170 valence electrons. The van der Waals surface area contributed by atoms with Gasteiger partial charge in [-0.3, -0.25) is 19.2 Å². The Morgan fingerprint density at radius 1 is 1.40 bits per heavy atom. The van der Waals surface area contributed by atoms with Crippen LogP contribution < -0.4 is 10.0 Å². The number of aliphatic hydroxyl groups is 1. The molecule has 1 aliphatic heterocycles. The number of nitrogens with zero attached hydrogens (tertiary/aromatic N) is 2. The minimum atomic E-state index is -4.25. The van der Waals surface area contributed by atoms with E-state index < -0.39 is 46.1 Å². The third-order valence-electron chi connectivity index (χ3n) is 4.66. The average Bonchev–Trinajstić information content (AvgIpc) is 3.18. The van der Waals surface area contributed by atoms with Crippen molar-refractivity contribution in [3.8, 4) is 0 Å². The van der Waals surface area contributed by atoms with Gasteiger partial charge in [0.05, 0.1) is 7.11 Å². The molecule has 0 aromatic rings. The Kier molecular flexibility index (Phi) is 9.62. The molecule has 12 heteroatoms. The second-order valence-corrected chi connectivity index (χ2v) is 8.60. The largest absolute Gasteiger partial charge is 0.379 e. The van der Waals surface area contributed by atoms with E-state index in [4.69, 9.17) is 0 Å². The van der Waals surface area contributed by atoms with E-state index >= 15 is 0 Å². The standard InChI is InChI=1S/C18H30N4O7S/c1-6-7-9-13(16(24)20-30(27,28)21(4)29-5)19-17(25)14-10-8-11-22(14)18(26)15(23)12(2)3/h6,13-15,23H,1-2,7-11H2,3-5H3,(H,19,25)(H,20,24)/t13?,14-,15?/m0/s1. The topological polar surface area (TPSA) is 145 Å². The van der Waals surface area contributed by atoms with E-state index in [1.54, 1.807) is 0 Å². The number of rotatable bonds is 11. The quantitative estimate of drug-likeness (QED) is 0.279. The molecule has 1 heterocycles. The average molecular weight is 447 g/mol. The maximum Gasteiger partial charge on any atom is 0.325 e. The Labute approximate surface area is 176 Å². The van der Waals surface area contributed by atoms with Crippen LogP contribution in [0.3, 0.4) is 0 Å². The number of allylic oxidation sites excluding steroid dienone is 1. The molecular weight excluding hydrogens is 416 g/mol. The van der Waals surface area contributed by atoms with Gasteiger partial charge in [-0.05, 0) is 38.2 Å². The predicted molar refractivity (Wildman–Crippen MR) is 109 cm³/mol. The van der Waals surface area contributed by atoms with Crippen LogP contribution in [0.25, 0.3) is 0 Å². The zero-order valence-electron chi connectivity index (χ0n) is 17.5. The Hall–Kier alpha value is -2.28. The summed E-state index contributed by atoms with van der Waals surface area (Å²) in [4.78, 5) is 43.5. The molecule has 0 saturated carbocycles. The van der Waals surface area contributed by atoms with Crippen LogP contribution in [0.2, 0.25) is 0 Å². The maximum atomic E-state index is 12.8. The Balaban J connectivity index is 2.94. The van der Waals surface area contributed by atoms with Crippen LogP contribution in [0.4, 0.5) is 0 Å². The van der Waals surface area contributed by atoms with Crippen LogP contribution in [0.5, 0.6) is 0 Å². The number of likely N-dealkylation sites (tertiary alicyclic amines) is 1. The minimum Gasteiger partial charge on any atom is -0.379 e. The Morgan fingerprint density at radius 2 is 2.03 bits per heavy atom. The van der Waals surface area contributed by atoms with Crippen molar-refractivity contribution in [3.63, 3.8) is 0 Å². The highest BCUT2D eigenvalue weighted by molar-refractivity contribution is 7.87. The van der Waals surface area contributed by atoms with Gasteiger partial charge in [-0.2, -0.15) is 8.42 Å². The molecule has 1 rings (SSSR count). The number of nitrogens with one attached hydrogen (secondary N) is 2. The summed E-state index contributed by atoms with van der Waals surface area (Å²) in [5.41, 5.74) is 0.252. The van der Waals surface area contributed by atoms with Gasteiger partial charge in [0, 0.05) is 13.6 Å². The van der Waals surface area contributed by atoms with Crippen molar-refractivity contribution < 1.29 is 32.7 Å². The number of hydroxylamine groups is 1. The van der Waals surface area contributed by atoms with E-state index in [2.05, 4.69) is 23.3 Å². The summed E-state index contributed by atoms with van der Waals surface area (Å²) in [6, 6.07) is -2.07. The summed E-state index contributed by atoms with van der Waals surface area (Å²) >= 11 is 0. The van der Waals surface area contributed by atoms with Crippen LogP contribution in [0.1, 0.15) is 32.6 Å². The first-order valence-electron chi connectivity index (χ1n) is 9.36. The van der Waals surface area contributed by atoms with Crippen LogP contribution in [-0.4, -0.2) is 79.5 Å². The van der Waals surface area contributed by atoms with Crippen LogP contribution in [-0.2, 0) is 29.4 Å². The second kappa shape index (κ2) is 11.2. The fourth-order valence-electron chi connectivity index (χ4n) is 2.85. The Bertz CT molecular complexity index is 783. The monoisotopic (exact) mass is 446 g/mol. The summed E-state index contributed by atoms with van der Waals surface area (Å²) in [5, 5.41) is 12.5. The molecule has 0 spiro atoms. The molecule has 0 aliphatic carbocycles. The second-order valence-electron chi connectivity index (χ2n) is 6.93. The van der Waals surface area contributed by atoms with Crippen molar-refractivity contribution >= 4 is 27.9 Å². The van der Waals surface area contributed by atoms with E-state index in [0.29, 0.717) is 23.7 Å². The lowest BCUT2D eigenvalue weighted by molar-refractivity contribution is -0.144. The number of carbonyl (C=O) groups excluding carboxylic acids is 3. The summed E-state index contributed by atoms with van der Waals surface area (Å²) in [6.45, 7) is 8.88. The molecule has 11 nitrogen and oxygen atoms in total. The summed E-state index contributed by atoms with van der Waals surface area (Å²) in [6.07, 6.45) is 1.43. The first-order chi connectivity index (χ1) is 14.0. The molecule has 3 amide bonds. The van der Waals surface area contributed by atoms with E-state index in [1.807, 2.05) is 4.72 Å². The number of aliphatic hydroxyl groups excluding tert-OH is 1. The molecule has 30 heavy (non-hydrogen) atoms. The highest BCUT2D eigenvalue weighted by Gasteiger charge is 2.38. The van der Waals surface area contributed by atoms with Gasteiger partial charge >= 0.3 is 10.2 Å².